The van der Waals surface area contributed by atoms with Gasteiger partial charge in [0.15, 0.2) is 0 Å². The van der Waals surface area contributed by atoms with E-state index >= 15 is 0 Å². The number of carbonyl (C=O) groups is 1. The minimum atomic E-state index is -0.168. The number of piperidine rings is 1. The highest BCUT2D eigenvalue weighted by Gasteiger charge is 2.37. The summed E-state index contributed by atoms with van der Waals surface area (Å²) in [5.74, 6) is 1.24. The van der Waals surface area contributed by atoms with E-state index in [4.69, 9.17) is 16.3 Å². The molecule has 1 fully saturated rings. The molecule has 4 heteroatoms. The minimum Gasteiger partial charge on any atom is -0.493 e. The predicted molar refractivity (Wildman–Crippen MR) is 84.2 cm³/mol. The zero-order chi connectivity index (χ0) is 14.9. The lowest BCUT2D eigenvalue weighted by molar-refractivity contribution is -0.129. The number of ether oxygens (including phenoxy) is 1. The van der Waals surface area contributed by atoms with Crippen LogP contribution in [0.1, 0.15) is 37.3 Å². The van der Waals surface area contributed by atoms with E-state index in [1.807, 2.05) is 12.1 Å². The summed E-state index contributed by atoms with van der Waals surface area (Å²) in [5, 5.41) is 4.05. The number of fused-ring (bicyclic) bond motifs is 1. The Labute approximate surface area is 131 Å². The van der Waals surface area contributed by atoms with Crippen LogP contribution in [0, 0.1) is 5.41 Å². The summed E-state index contributed by atoms with van der Waals surface area (Å²) in [4.78, 5) is 12.9. The maximum Gasteiger partial charge on any atom is 0.143 e. The largest absolute Gasteiger partial charge is 0.493 e. The van der Waals surface area contributed by atoms with Crippen molar-refractivity contribution in [2.24, 2.45) is 5.41 Å². The van der Waals surface area contributed by atoms with Crippen molar-refractivity contribution in [2.45, 2.75) is 39.0 Å². The monoisotopic (exact) mass is 307 g/mol. The highest BCUT2D eigenvalue weighted by molar-refractivity contribution is 6.30. The van der Waals surface area contributed by atoms with Gasteiger partial charge < -0.3 is 10.1 Å². The average molecular weight is 308 g/mol. The molecule has 0 bridgehead atoms. The van der Waals surface area contributed by atoms with Gasteiger partial charge in [-0.1, -0.05) is 18.5 Å². The van der Waals surface area contributed by atoms with Gasteiger partial charge in [-0.15, -0.1) is 0 Å². The molecule has 1 aromatic rings. The van der Waals surface area contributed by atoms with Crippen molar-refractivity contribution >= 4 is 17.4 Å². The number of nitrogens with one attached hydrogen (secondary N) is 1. The van der Waals surface area contributed by atoms with Gasteiger partial charge in [0.2, 0.25) is 0 Å². The van der Waals surface area contributed by atoms with E-state index in [2.05, 4.69) is 12.2 Å². The number of halogens is 1. The maximum atomic E-state index is 12.9. The van der Waals surface area contributed by atoms with Crippen LogP contribution in [0.3, 0.4) is 0 Å². The Morgan fingerprint density at radius 3 is 2.86 bits per heavy atom. The van der Waals surface area contributed by atoms with E-state index in [1.54, 1.807) is 0 Å². The number of hydrogen-bond donors (Lipinski definition) is 1. The SMILES string of the molecule is CCC1(C(=O)Cc2cc(Cl)cc3c2OCC3)CCNCC1. The van der Waals surface area contributed by atoms with E-state index in [1.165, 1.54) is 0 Å². The molecular weight excluding hydrogens is 286 g/mol. The Morgan fingerprint density at radius 1 is 1.38 bits per heavy atom. The Bertz CT molecular complexity index is 550. The lowest BCUT2D eigenvalue weighted by atomic mass is 9.71. The van der Waals surface area contributed by atoms with Gasteiger partial charge in [0.05, 0.1) is 6.61 Å². The molecule has 0 saturated carbocycles. The van der Waals surface area contributed by atoms with Crippen LogP contribution in [0.25, 0.3) is 0 Å². The predicted octanol–water partition coefficient (Wildman–Crippen LogP) is 3.17. The lowest BCUT2D eigenvalue weighted by Crippen LogP contribution is -2.42. The molecule has 21 heavy (non-hydrogen) atoms. The molecule has 114 valence electrons. The van der Waals surface area contributed by atoms with Crippen LogP contribution in [0.15, 0.2) is 12.1 Å². The molecule has 0 amide bonds. The first-order valence-electron chi connectivity index (χ1n) is 7.83. The van der Waals surface area contributed by atoms with E-state index in [9.17, 15) is 4.79 Å². The molecule has 2 aliphatic heterocycles. The van der Waals surface area contributed by atoms with Gasteiger partial charge in [0.25, 0.3) is 0 Å². The van der Waals surface area contributed by atoms with E-state index in [0.717, 1.165) is 55.6 Å². The Balaban J connectivity index is 1.84. The molecule has 0 atom stereocenters. The third-order valence-corrected chi connectivity index (χ3v) is 5.22. The Hall–Kier alpha value is -1.06. The topological polar surface area (TPSA) is 38.3 Å². The molecule has 1 N–H and O–H groups in total. The van der Waals surface area contributed by atoms with Crippen molar-refractivity contribution in [1.29, 1.82) is 0 Å². The number of rotatable bonds is 4. The van der Waals surface area contributed by atoms with Crippen molar-refractivity contribution in [3.63, 3.8) is 0 Å². The fraction of sp³-hybridized carbons (Fsp3) is 0.588. The standard InChI is InChI=1S/C17H22ClNO2/c1-2-17(4-6-19-7-5-17)15(20)11-13-10-14(18)9-12-3-8-21-16(12)13/h9-10,19H,2-8,11H2,1H3. The summed E-state index contributed by atoms with van der Waals surface area (Å²) >= 11 is 6.19. The molecule has 0 spiro atoms. The molecule has 0 radical (unpaired) electrons. The summed E-state index contributed by atoms with van der Waals surface area (Å²) in [6.07, 6.45) is 4.12. The Kier molecular flexibility index (Phi) is 4.23. The van der Waals surface area contributed by atoms with Crippen LogP contribution in [-0.4, -0.2) is 25.5 Å². The van der Waals surface area contributed by atoms with E-state index < -0.39 is 0 Å². The van der Waals surface area contributed by atoms with Gasteiger partial charge in [-0.05, 0) is 50.0 Å². The first-order valence-corrected chi connectivity index (χ1v) is 8.20. The zero-order valence-corrected chi connectivity index (χ0v) is 13.3. The third kappa shape index (κ3) is 2.82. The highest BCUT2D eigenvalue weighted by atomic mass is 35.5. The molecule has 0 aromatic heterocycles. The van der Waals surface area contributed by atoms with Crippen LogP contribution in [0.2, 0.25) is 5.02 Å². The molecule has 1 saturated heterocycles. The summed E-state index contributed by atoms with van der Waals surface area (Å²) in [6, 6.07) is 3.85. The number of benzene rings is 1. The smallest absolute Gasteiger partial charge is 0.143 e. The average Bonchev–Trinajstić information content (AvgIpc) is 2.96. The normalized spacial score (nSPS) is 19.9. The van der Waals surface area contributed by atoms with Crippen molar-refractivity contribution in [2.75, 3.05) is 19.7 Å². The van der Waals surface area contributed by atoms with Gasteiger partial charge in [0, 0.05) is 28.8 Å². The first-order chi connectivity index (χ1) is 10.1. The van der Waals surface area contributed by atoms with Crippen molar-refractivity contribution in [1.82, 2.24) is 5.32 Å². The second-order valence-electron chi connectivity index (χ2n) is 6.14. The summed E-state index contributed by atoms with van der Waals surface area (Å²) in [5.41, 5.74) is 1.94. The van der Waals surface area contributed by atoms with Crippen LogP contribution in [0.4, 0.5) is 0 Å². The van der Waals surface area contributed by atoms with Crippen LogP contribution >= 0.6 is 11.6 Å². The minimum absolute atomic E-state index is 0.168. The molecule has 1 aromatic carbocycles. The van der Waals surface area contributed by atoms with Crippen molar-refractivity contribution in [3.05, 3.63) is 28.3 Å². The number of ketones is 1. The van der Waals surface area contributed by atoms with Gasteiger partial charge in [-0.25, -0.2) is 0 Å². The van der Waals surface area contributed by atoms with Gasteiger partial charge in [-0.3, -0.25) is 4.79 Å². The second kappa shape index (κ2) is 5.98. The molecular formula is C17H22ClNO2. The first kappa shape index (κ1) is 14.9. The molecule has 0 aliphatic carbocycles. The van der Waals surface area contributed by atoms with E-state index in [-0.39, 0.29) is 5.41 Å². The third-order valence-electron chi connectivity index (χ3n) is 5.01. The molecule has 2 aliphatic rings. The lowest BCUT2D eigenvalue weighted by Gasteiger charge is -2.35. The van der Waals surface area contributed by atoms with Crippen LogP contribution in [-0.2, 0) is 17.6 Å². The van der Waals surface area contributed by atoms with Crippen LogP contribution in [0.5, 0.6) is 5.75 Å². The quantitative estimate of drug-likeness (QED) is 0.928. The fourth-order valence-electron chi connectivity index (χ4n) is 3.57. The molecule has 2 heterocycles. The summed E-state index contributed by atoms with van der Waals surface area (Å²) < 4.78 is 5.72. The summed E-state index contributed by atoms with van der Waals surface area (Å²) in [7, 11) is 0. The highest BCUT2D eigenvalue weighted by Crippen LogP contribution is 2.38. The molecule has 0 unspecified atom stereocenters. The Morgan fingerprint density at radius 2 is 2.14 bits per heavy atom. The number of Topliss-reactive ketones (excluding diaryl/α,β-unsaturated/α-hetero) is 1. The van der Waals surface area contributed by atoms with Crippen molar-refractivity contribution < 1.29 is 9.53 Å². The van der Waals surface area contributed by atoms with Gasteiger partial charge in [-0.2, -0.15) is 0 Å². The zero-order valence-electron chi connectivity index (χ0n) is 12.5. The summed E-state index contributed by atoms with van der Waals surface area (Å²) in [6.45, 7) is 4.69. The van der Waals surface area contributed by atoms with Gasteiger partial charge >= 0.3 is 0 Å². The number of carbonyl (C=O) groups excluding carboxylic acids is 1. The maximum absolute atomic E-state index is 12.9. The van der Waals surface area contributed by atoms with E-state index in [0.29, 0.717) is 23.8 Å². The molecule has 3 nitrogen and oxygen atoms in total. The van der Waals surface area contributed by atoms with Crippen LogP contribution < -0.4 is 10.1 Å². The number of hydrogen-bond acceptors (Lipinski definition) is 3. The second-order valence-corrected chi connectivity index (χ2v) is 6.57. The van der Waals surface area contributed by atoms with Crippen molar-refractivity contribution in [3.8, 4) is 5.75 Å². The molecule has 3 rings (SSSR count). The van der Waals surface area contributed by atoms with Gasteiger partial charge in [0.1, 0.15) is 11.5 Å². The fourth-order valence-corrected chi connectivity index (χ4v) is 3.84.